The molecular weight excluding hydrogens is 266 g/mol. The topological polar surface area (TPSA) is 45.7 Å². The van der Waals surface area contributed by atoms with Crippen LogP contribution in [0.3, 0.4) is 0 Å². The predicted molar refractivity (Wildman–Crippen MR) is 79.7 cm³/mol. The Morgan fingerprint density at radius 2 is 2.05 bits per heavy atom. The highest BCUT2D eigenvalue weighted by Crippen LogP contribution is 2.16. The largest absolute Gasteiger partial charge is 0.368 e. The minimum absolute atomic E-state index is 0.184. The van der Waals surface area contributed by atoms with Gasteiger partial charge in [0.2, 0.25) is 0 Å². The monoisotopic (exact) mass is 289 g/mol. The molecule has 0 saturated carbocycles. The number of hydrogen-bond acceptors (Lipinski definition) is 4. The molecule has 114 valence electrons. The average molecular weight is 289 g/mol. The summed E-state index contributed by atoms with van der Waals surface area (Å²) >= 11 is 0. The third-order valence-electron chi connectivity index (χ3n) is 4.26. The molecule has 0 aliphatic carbocycles. The van der Waals surface area contributed by atoms with Gasteiger partial charge in [-0.2, -0.15) is 0 Å². The van der Waals surface area contributed by atoms with Gasteiger partial charge < -0.3 is 9.64 Å². The summed E-state index contributed by atoms with van der Waals surface area (Å²) in [7, 11) is 0. The molecule has 0 aromatic carbocycles. The van der Waals surface area contributed by atoms with Crippen LogP contribution < -0.4 is 0 Å². The average Bonchev–Trinajstić information content (AvgIpc) is 2.95. The number of aromatic nitrogens is 1. The van der Waals surface area contributed by atoms with Crippen LogP contribution in [0.5, 0.6) is 0 Å². The number of ether oxygens (including phenoxy) is 1. The van der Waals surface area contributed by atoms with E-state index in [0.717, 1.165) is 58.6 Å². The summed E-state index contributed by atoms with van der Waals surface area (Å²) in [6.07, 6.45) is 6.41. The fourth-order valence-corrected chi connectivity index (χ4v) is 3.07. The second-order valence-corrected chi connectivity index (χ2v) is 5.81. The maximum absolute atomic E-state index is 12.4. The Morgan fingerprint density at radius 1 is 1.19 bits per heavy atom. The number of carbonyl (C=O) groups is 1. The van der Waals surface area contributed by atoms with Gasteiger partial charge in [-0.05, 0) is 37.0 Å². The lowest BCUT2D eigenvalue weighted by Crippen LogP contribution is -2.41. The van der Waals surface area contributed by atoms with E-state index in [2.05, 4.69) is 22.0 Å². The van der Waals surface area contributed by atoms with E-state index in [0.29, 0.717) is 0 Å². The Balaban J connectivity index is 1.53. The van der Waals surface area contributed by atoms with Gasteiger partial charge in [0.15, 0.2) is 0 Å². The molecule has 21 heavy (non-hydrogen) atoms. The van der Waals surface area contributed by atoms with Crippen molar-refractivity contribution in [2.75, 3.05) is 32.8 Å². The van der Waals surface area contributed by atoms with Crippen molar-refractivity contribution in [2.24, 2.45) is 0 Å². The van der Waals surface area contributed by atoms with Crippen molar-refractivity contribution in [2.45, 2.75) is 31.9 Å². The van der Waals surface area contributed by atoms with Crippen LogP contribution in [-0.2, 0) is 16.1 Å². The highest BCUT2D eigenvalue weighted by Gasteiger charge is 2.29. The van der Waals surface area contributed by atoms with Crippen LogP contribution in [0.4, 0.5) is 0 Å². The van der Waals surface area contributed by atoms with Gasteiger partial charge >= 0.3 is 0 Å². The zero-order chi connectivity index (χ0) is 14.5. The number of rotatable bonds is 3. The van der Waals surface area contributed by atoms with E-state index in [-0.39, 0.29) is 12.0 Å². The molecule has 0 bridgehead atoms. The van der Waals surface area contributed by atoms with Crippen LogP contribution in [0.1, 0.15) is 24.8 Å². The fraction of sp³-hybridized carbons (Fsp3) is 0.625. The van der Waals surface area contributed by atoms with Crippen LogP contribution in [0.25, 0.3) is 0 Å². The Morgan fingerprint density at radius 3 is 2.81 bits per heavy atom. The number of pyridine rings is 1. The highest BCUT2D eigenvalue weighted by molar-refractivity contribution is 5.81. The fourth-order valence-electron chi connectivity index (χ4n) is 3.07. The molecule has 2 aliphatic heterocycles. The summed E-state index contributed by atoms with van der Waals surface area (Å²) in [5.41, 5.74) is 1.28. The third kappa shape index (κ3) is 3.80. The number of carbonyl (C=O) groups excluding carboxylic acids is 1. The SMILES string of the molecule is O=C(C1CCCO1)N1CCCN(Cc2ccncc2)CC1. The summed E-state index contributed by atoms with van der Waals surface area (Å²) in [5.74, 6) is 0.193. The Hall–Kier alpha value is -1.46. The second kappa shape index (κ2) is 7.00. The molecule has 3 rings (SSSR count). The van der Waals surface area contributed by atoms with Crippen molar-refractivity contribution in [3.8, 4) is 0 Å². The zero-order valence-electron chi connectivity index (χ0n) is 12.4. The maximum atomic E-state index is 12.4. The van der Waals surface area contributed by atoms with Gasteiger partial charge in [0.05, 0.1) is 0 Å². The quantitative estimate of drug-likeness (QED) is 0.841. The van der Waals surface area contributed by atoms with E-state index in [1.807, 2.05) is 17.3 Å². The summed E-state index contributed by atoms with van der Waals surface area (Å²) in [6, 6.07) is 4.11. The van der Waals surface area contributed by atoms with Gasteiger partial charge in [0.1, 0.15) is 6.10 Å². The molecule has 2 fully saturated rings. The molecule has 1 amide bonds. The standard InChI is InChI=1S/C16H23N3O2/c20-16(15-3-1-12-21-15)19-9-2-8-18(10-11-19)13-14-4-6-17-7-5-14/h4-7,15H,1-3,8-13H2. The van der Waals surface area contributed by atoms with Crippen LogP contribution >= 0.6 is 0 Å². The normalized spacial score (nSPS) is 24.0. The third-order valence-corrected chi connectivity index (χ3v) is 4.26. The molecule has 1 unspecified atom stereocenters. The number of hydrogen-bond donors (Lipinski definition) is 0. The highest BCUT2D eigenvalue weighted by atomic mass is 16.5. The van der Waals surface area contributed by atoms with Crippen molar-refractivity contribution >= 4 is 5.91 Å². The maximum Gasteiger partial charge on any atom is 0.251 e. The molecule has 2 saturated heterocycles. The number of nitrogens with zero attached hydrogens (tertiary/aromatic N) is 3. The first kappa shape index (κ1) is 14.5. The molecule has 5 nitrogen and oxygen atoms in total. The van der Waals surface area contributed by atoms with Crippen molar-refractivity contribution in [1.29, 1.82) is 0 Å². The van der Waals surface area contributed by atoms with Crippen molar-refractivity contribution in [3.05, 3.63) is 30.1 Å². The van der Waals surface area contributed by atoms with E-state index in [9.17, 15) is 4.79 Å². The molecule has 0 N–H and O–H groups in total. The molecule has 1 aromatic rings. The molecule has 5 heteroatoms. The van der Waals surface area contributed by atoms with Gasteiger partial charge in [-0.15, -0.1) is 0 Å². The van der Waals surface area contributed by atoms with Crippen LogP contribution in [0, 0.1) is 0 Å². The minimum Gasteiger partial charge on any atom is -0.368 e. The first-order chi connectivity index (χ1) is 10.3. The number of amides is 1. The first-order valence-electron chi connectivity index (χ1n) is 7.84. The van der Waals surface area contributed by atoms with Crippen molar-refractivity contribution in [1.82, 2.24) is 14.8 Å². The molecule has 1 aromatic heterocycles. The summed E-state index contributed by atoms with van der Waals surface area (Å²) in [5, 5.41) is 0. The van der Waals surface area contributed by atoms with E-state index in [4.69, 9.17) is 4.74 Å². The Bertz CT molecular complexity index is 460. The molecule has 2 aliphatic rings. The van der Waals surface area contributed by atoms with Crippen molar-refractivity contribution in [3.63, 3.8) is 0 Å². The minimum atomic E-state index is -0.184. The Labute approximate surface area is 125 Å². The predicted octanol–water partition coefficient (Wildman–Crippen LogP) is 1.29. The lowest BCUT2D eigenvalue weighted by molar-refractivity contribution is -0.140. The smallest absolute Gasteiger partial charge is 0.251 e. The van der Waals surface area contributed by atoms with Gasteiger partial charge in [-0.3, -0.25) is 14.7 Å². The van der Waals surface area contributed by atoms with Crippen molar-refractivity contribution < 1.29 is 9.53 Å². The molecule has 3 heterocycles. The van der Waals surface area contributed by atoms with Gasteiger partial charge in [0.25, 0.3) is 5.91 Å². The van der Waals surface area contributed by atoms with E-state index < -0.39 is 0 Å². The van der Waals surface area contributed by atoms with E-state index in [1.165, 1.54) is 5.56 Å². The second-order valence-electron chi connectivity index (χ2n) is 5.81. The van der Waals surface area contributed by atoms with Gasteiger partial charge in [0, 0.05) is 51.7 Å². The van der Waals surface area contributed by atoms with Gasteiger partial charge in [-0.25, -0.2) is 0 Å². The van der Waals surface area contributed by atoms with E-state index in [1.54, 1.807) is 0 Å². The molecule has 1 atom stereocenters. The summed E-state index contributed by atoms with van der Waals surface area (Å²) in [4.78, 5) is 20.8. The molecule has 0 spiro atoms. The van der Waals surface area contributed by atoms with E-state index >= 15 is 0 Å². The lowest BCUT2D eigenvalue weighted by Gasteiger charge is -2.24. The summed E-state index contributed by atoms with van der Waals surface area (Å²) in [6.45, 7) is 5.30. The Kier molecular flexibility index (Phi) is 4.83. The lowest BCUT2D eigenvalue weighted by atomic mass is 10.2. The molecular formula is C16H23N3O2. The molecule has 0 radical (unpaired) electrons. The zero-order valence-corrected chi connectivity index (χ0v) is 12.4. The summed E-state index contributed by atoms with van der Waals surface area (Å²) < 4.78 is 5.52. The van der Waals surface area contributed by atoms with Gasteiger partial charge in [-0.1, -0.05) is 0 Å². The first-order valence-corrected chi connectivity index (χ1v) is 7.84. The van der Waals surface area contributed by atoms with Crippen LogP contribution in [0.2, 0.25) is 0 Å². The van der Waals surface area contributed by atoms with Crippen LogP contribution in [0.15, 0.2) is 24.5 Å². The van der Waals surface area contributed by atoms with Crippen LogP contribution in [-0.4, -0.2) is 59.6 Å².